The summed E-state index contributed by atoms with van der Waals surface area (Å²) in [6.45, 7) is 2.85. The Labute approximate surface area is 174 Å². The van der Waals surface area contributed by atoms with E-state index in [-0.39, 0.29) is 12.2 Å². The van der Waals surface area contributed by atoms with Gasteiger partial charge >= 0.3 is 0 Å². The Bertz CT molecular complexity index is 915. The molecule has 0 heterocycles. The van der Waals surface area contributed by atoms with Crippen molar-refractivity contribution < 1.29 is 13.9 Å². The summed E-state index contributed by atoms with van der Waals surface area (Å²) >= 11 is 12.5. The topological polar surface area (TPSA) is 30.5 Å². The Hall–Kier alpha value is -2.43. The van der Waals surface area contributed by atoms with Crippen molar-refractivity contribution in [2.24, 2.45) is 0 Å². The maximum Gasteiger partial charge on any atom is 0.180 e. The first-order valence-electron chi connectivity index (χ1n) is 8.88. The van der Waals surface area contributed by atoms with Crippen molar-refractivity contribution in [3.8, 4) is 11.5 Å². The number of nitrogens with one attached hydrogen (secondary N) is 1. The second-order valence-electron chi connectivity index (χ2n) is 6.05. The number of rotatable bonds is 8. The molecule has 0 atom stereocenters. The first-order chi connectivity index (χ1) is 13.6. The summed E-state index contributed by atoms with van der Waals surface area (Å²) < 4.78 is 25.5. The van der Waals surface area contributed by atoms with E-state index in [4.69, 9.17) is 32.7 Å². The fourth-order valence-electron chi connectivity index (χ4n) is 2.70. The summed E-state index contributed by atoms with van der Waals surface area (Å²) in [4.78, 5) is 0. The maximum absolute atomic E-state index is 14.0. The number of hydrogen-bond donors (Lipinski definition) is 1. The summed E-state index contributed by atoms with van der Waals surface area (Å²) in [5, 5.41) is 4.02. The van der Waals surface area contributed by atoms with Crippen LogP contribution >= 0.6 is 23.2 Å². The first-order valence-corrected chi connectivity index (χ1v) is 9.64. The van der Waals surface area contributed by atoms with Gasteiger partial charge in [-0.25, -0.2) is 4.39 Å². The molecule has 0 aliphatic rings. The molecular weight excluding hydrogens is 400 g/mol. The van der Waals surface area contributed by atoms with Gasteiger partial charge < -0.3 is 14.8 Å². The van der Waals surface area contributed by atoms with E-state index in [0.717, 1.165) is 11.3 Å². The van der Waals surface area contributed by atoms with Gasteiger partial charge in [-0.2, -0.15) is 0 Å². The van der Waals surface area contributed by atoms with Crippen LogP contribution in [0.1, 0.15) is 18.1 Å². The Kier molecular flexibility index (Phi) is 7.01. The van der Waals surface area contributed by atoms with Gasteiger partial charge in [0.25, 0.3) is 0 Å². The standard InChI is InChI=1S/C22H20Cl2FNO2/c1-2-27-21-12-15(13-26-16-7-4-3-5-8-16)11-19(24)22(21)28-14-17-18(23)9-6-10-20(17)25/h3-12,26H,2,13-14H2,1H3. The first kappa shape index (κ1) is 20.3. The highest BCUT2D eigenvalue weighted by Crippen LogP contribution is 2.38. The molecule has 0 amide bonds. The van der Waals surface area contributed by atoms with Gasteiger partial charge in [-0.3, -0.25) is 0 Å². The van der Waals surface area contributed by atoms with Crippen molar-refractivity contribution in [2.45, 2.75) is 20.1 Å². The lowest BCUT2D eigenvalue weighted by Crippen LogP contribution is -2.05. The van der Waals surface area contributed by atoms with E-state index in [2.05, 4.69) is 5.32 Å². The van der Waals surface area contributed by atoms with Gasteiger partial charge in [0.05, 0.1) is 16.7 Å². The predicted molar refractivity (Wildman–Crippen MR) is 112 cm³/mol. The van der Waals surface area contributed by atoms with Gasteiger partial charge in [-0.15, -0.1) is 0 Å². The van der Waals surface area contributed by atoms with Gasteiger partial charge in [-0.05, 0) is 48.9 Å². The Balaban J connectivity index is 1.78. The monoisotopic (exact) mass is 419 g/mol. The molecular formula is C22H20Cl2FNO2. The lowest BCUT2D eigenvalue weighted by molar-refractivity contribution is 0.266. The molecule has 0 radical (unpaired) electrons. The van der Waals surface area contributed by atoms with Crippen LogP contribution in [0.5, 0.6) is 11.5 Å². The fraction of sp³-hybridized carbons (Fsp3) is 0.182. The zero-order valence-electron chi connectivity index (χ0n) is 15.3. The Morgan fingerprint density at radius 3 is 2.43 bits per heavy atom. The molecule has 28 heavy (non-hydrogen) atoms. The summed E-state index contributed by atoms with van der Waals surface area (Å²) in [5.41, 5.74) is 2.22. The minimum atomic E-state index is -0.426. The van der Waals surface area contributed by atoms with Crippen LogP contribution in [-0.4, -0.2) is 6.61 Å². The average Bonchev–Trinajstić information content (AvgIpc) is 2.68. The fourth-order valence-corrected chi connectivity index (χ4v) is 3.21. The Morgan fingerprint density at radius 2 is 1.71 bits per heavy atom. The maximum atomic E-state index is 14.0. The van der Waals surface area contributed by atoms with Crippen LogP contribution in [-0.2, 0) is 13.2 Å². The van der Waals surface area contributed by atoms with E-state index in [9.17, 15) is 4.39 Å². The van der Waals surface area contributed by atoms with Crippen molar-refractivity contribution in [2.75, 3.05) is 11.9 Å². The summed E-state index contributed by atoms with van der Waals surface area (Å²) in [7, 11) is 0. The molecule has 6 heteroatoms. The SMILES string of the molecule is CCOc1cc(CNc2ccccc2)cc(Cl)c1OCc1c(F)cccc1Cl. The molecule has 3 aromatic rings. The van der Waals surface area contributed by atoms with Crippen molar-refractivity contribution in [3.63, 3.8) is 0 Å². The molecule has 0 saturated heterocycles. The molecule has 0 bridgehead atoms. The van der Waals surface area contributed by atoms with Gasteiger partial charge in [0.1, 0.15) is 12.4 Å². The summed E-state index contributed by atoms with van der Waals surface area (Å²) in [6.07, 6.45) is 0. The number of hydrogen-bond acceptors (Lipinski definition) is 3. The molecule has 0 spiro atoms. The number of halogens is 3. The lowest BCUT2D eigenvalue weighted by Gasteiger charge is -2.16. The largest absolute Gasteiger partial charge is 0.490 e. The van der Waals surface area contributed by atoms with E-state index >= 15 is 0 Å². The third-order valence-electron chi connectivity index (χ3n) is 4.06. The van der Waals surface area contributed by atoms with E-state index in [1.807, 2.05) is 43.3 Å². The summed E-state index contributed by atoms with van der Waals surface area (Å²) in [5.74, 6) is 0.448. The molecule has 146 valence electrons. The molecule has 0 aromatic heterocycles. The molecule has 0 saturated carbocycles. The van der Waals surface area contributed by atoms with Gasteiger partial charge in [0.2, 0.25) is 0 Å². The second-order valence-corrected chi connectivity index (χ2v) is 6.86. The minimum Gasteiger partial charge on any atom is -0.490 e. The van der Waals surface area contributed by atoms with E-state index in [1.54, 1.807) is 18.2 Å². The molecule has 3 aromatic carbocycles. The lowest BCUT2D eigenvalue weighted by atomic mass is 10.2. The molecule has 0 fully saturated rings. The summed E-state index contributed by atoms with van der Waals surface area (Å²) in [6, 6.07) is 18.0. The number of ether oxygens (including phenoxy) is 2. The van der Waals surface area contributed by atoms with Crippen LogP contribution in [0.2, 0.25) is 10.0 Å². The van der Waals surface area contributed by atoms with Crippen LogP contribution in [0.15, 0.2) is 60.7 Å². The zero-order valence-corrected chi connectivity index (χ0v) is 16.9. The van der Waals surface area contributed by atoms with E-state index < -0.39 is 5.82 Å². The molecule has 3 rings (SSSR count). The van der Waals surface area contributed by atoms with E-state index in [0.29, 0.717) is 34.7 Å². The number of anilines is 1. The molecule has 0 aliphatic heterocycles. The predicted octanol–water partition coefficient (Wildman–Crippen LogP) is 6.72. The van der Waals surface area contributed by atoms with Crippen LogP contribution < -0.4 is 14.8 Å². The third kappa shape index (κ3) is 5.09. The average molecular weight is 420 g/mol. The minimum absolute atomic E-state index is 0.0487. The van der Waals surface area contributed by atoms with Crippen LogP contribution in [0, 0.1) is 5.82 Å². The normalized spacial score (nSPS) is 10.6. The van der Waals surface area contributed by atoms with Crippen LogP contribution in [0.25, 0.3) is 0 Å². The highest BCUT2D eigenvalue weighted by Gasteiger charge is 2.15. The second kappa shape index (κ2) is 9.67. The van der Waals surface area contributed by atoms with Crippen LogP contribution in [0.3, 0.4) is 0 Å². The molecule has 0 aliphatic carbocycles. The third-order valence-corrected chi connectivity index (χ3v) is 4.70. The quantitative estimate of drug-likeness (QED) is 0.439. The Morgan fingerprint density at radius 1 is 0.929 bits per heavy atom. The molecule has 0 unspecified atom stereocenters. The van der Waals surface area contributed by atoms with Crippen molar-refractivity contribution >= 4 is 28.9 Å². The zero-order chi connectivity index (χ0) is 19.9. The molecule has 1 N–H and O–H groups in total. The number of benzene rings is 3. The van der Waals surface area contributed by atoms with Crippen molar-refractivity contribution in [3.05, 3.63) is 87.7 Å². The van der Waals surface area contributed by atoms with Gasteiger partial charge in [0.15, 0.2) is 11.5 Å². The number of para-hydroxylation sites is 1. The molecule has 3 nitrogen and oxygen atoms in total. The van der Waals surface area contributed by atoms with Crippen molar-refractivity contribution in [1.29, 1.82) is 0 Å². The van der Waals surface area contributed by atoms with Gasteiger partial charge in [-0.1, -0.05) is 47.5 Å². The van der Waals surface area contributed by atoms with E-state index in [1.165, 1.54) is 6.07 Å². The van der Waals surface area contributed by atoms with Crippen molar-refractivity contribution in [1.82, 2.24) is 0 Å². The smallest absolute Gasteiger partial charge is 0.180 e. The highest BCUT2D eigenvalue weighted by atomic mass is 35.5. The van der Waals surface area contributed by atoms with Gasteiger partial charge in [0, 0.05) is 17.8 Å². The highest BCUT2D eigenvalue weighted by molar-refractivity contribution is 6.32. The van der Waals surface area contributed by atoms with Crippen LogP contribution in [0.4, 0.5) is 10.1 Å².